The van der Waals surface area contributed by atoms with E-state index in [1.54, 1.807) is 12.5 Å². The number of imidazole rings is 1. The Kier molecular flexibility index (Phi) is 2.08. The van der Waals surface area contributed by atoms with E-state index in [2.05, 4.69) is 27.6 Å². The second-order valence-electron chi connectivity index (χ2n) is 1.28. The molecule has 0 fully saturated rings. The van der Waals surface area contributed by atoms with Crippen LogP contribution in [0.3, 0.4) is 0 Å². The van der Waals surface area contributed by atoms with Crippen molar-refractivity contribution in [2.24, 2.45) is 0 Å². The number of nitrogens with zero attached hydrogens (tertiary/aromatic N) is 2. The van der Waals surface area contributed by atoms with Crippen LogP contribution in [0, 0.1) is 0 Å². The maximum atomic E-state index is 3.85. The van der Waals surface area contributed by atoms with Gasteiger partial charge in [0.1, 0.15) is 0 Å². The van der Waals surface area contributed by atoms with Crippen LogP contribution in [0.25, 0.3) is 6.20 Å². The van der Waals surface area contributed by atoms with Crippen LogP contribution >= 0.6 is 22.6 Å². The maximum absolute atomic E-state index is 3.85. The van der Waals surface area contributed by atoms with Gasteiger partial charge in [0.25, 0.3) is 0 Å². The van der Waals surface area contributed by atoms with E-state index in [1.807, 2.05) is 21.0 Å². The summed E-state index contributed by atoms with van der Waals surface area (Å²) in [4.78, 5) is 3.85. The van der Waals surface area contributed by atoms with Gasteiger partial charge in [0.05, 0.1) is 6.33 Å². The van der Waals surface area contributed by atoms with Crippen molar-refractivity contribution < 1.29 is 0 Å². The third kappa shape index (κ3) is 1.33. The molecule has 0 saturated heterocycles. The summed E-state index contributed by atoms with van der Waals surface area (Å²) in [5.74, 6) is 0. The van der Waals surface area contributed by atoms with E-state index in [9.17, 15) is 0 Å². The van der Waals surface area contributed by atoms with Gasteiger partial charge in [-0.1, -0.05) is 22.6 Å². The summed E-state index contributed by atoms with van der Waals surface area (Å²) in [5.41, 5.74) is 0. The first kappa shape index (κ1) is 5.81. The molecule has 1 heterocycles. The van der Waals surface area contributed by atoms with Crippen molar-refractivity contribution >= 4 is 28.8 Å². The molecule has 0 aliphatic rings. The summed E-state index contributed by atoms with van der Waals surface area (Å²) >= 11 is 2.16. The van der Waals surface area contributed by atoms with Gasteiger partial charge in [-0.3, -0.25) is 0 Å². The summed E-state index contributed by atoms with van der Waals surface area (Å²) in [6.07, 6.45) is 7.30. The number of aromatic nitrogens is 2. The maximum Gasteiger partial charge on any atom is 0.0986 e. The fourth-order valence-corrected chi connectivity index (χ4v) is 0.794. The molecule has 1 aromatic rings. The van der Waals surface area contributed by atoms with Crippen molar-refractivity contribution in [2.75, 3.05) is 0 Å². The summed E-state index contributed by atoms with van der Waals surface area (Å²) in [6, 6.07) is 0. The van der Waals surface area contributed by atoms with E-state index in [4.69, 9.17) is 0 Å². The summed E-state index contributed by atoms with van der Waals surface area (Å²) in [6.45, 7) is 0. The Balaban J connectivity index is 2.77. The molecular weight excluding hydrogens is 215 g/mol. The lowest BCUT2D eigenvalue weighted by molar-refractivity contribution is 1.14. The fraction of sp³-hybridized carbons (Fsp3) is 0. The Morgan fingerprint density at radius 2 is 2.50 bits per heavy atom. The van der Waals surface area contributed by atoms with Gasteiger partial charge in [0, 0.05) is 18.6 Å². The lowest BCUT2D eigenvalue weighted by atomic mass is 10.9. The molecule has 8 heavy (non-hydrogen) atoms. The van der Waals surface area contributed by atoms with Gasteiger partial charge in [-0.05, 0) is 4.08 Å². The molecule has 0 aliphatic carbocycles. The van der Waals surface area contributed by atoms with Gasteiger partial charge >= 0.3 is 0 Å². The molecule has 42 valence electrons. The van der Waals surface area contributed by atoms with Crippen LogP contribution in [0.2, 0.25) is 0 Å². The van der Waals surface area contributed by atoms with Crippen molar-refractivity contribution in [3.8, 4) is 0 Å². The SMILES string of the molecule is I/C=C/n1ccnc1. The first-order valence-corrected chi connectivity index (χ1v) is 3.42. The van der Waals surface area contributed by atoms with E-state index in [0.717, 1.165) is 0 Å². The number of hydrogen-bond acceptors (Lipinski definition) is 1. The molecule has 0 aliphatic heterocycles. The van der Waals surface area contributed by atoms with Crippen LogP contribution in [-0.2, 0) is 0 Å². The quantitative estimate of drug-likeness (QED) is 0.659. The first-order valence-electron chi connectivity index (χ1n) is 2.18. The number of rotatable bonds is 1. The van der Waals surface area contributed by atoms with Crippen molar-refractivity contribution in [2.45, 2.75) is 0 Å². The standard InChI is InChI=1S/C5H5IN2/c6-1-3-8-4-2-7-5-8/h1-5H/b3-1+. The average Bonchev–Trinajstić information content (AvgIpc) is 2.19. The number of halogens is 1. The molecule has 0 atom stereocenters. The largest absolute Gasteiger partial charge is 0.313 e. The highest BCUT2D eigenvalue weighted by atomic mass is 127. The Bertz CT molecular complexity index is 167. The highest BCUT2D eigenvalue weighted by molar-refractivity contribution is 14.1. The monoisotopic (exact) mass is 220 g/mol. The molecule has 0 radical (unpaired) electrons. The highest BCUT2D eigenvalue weighted by Crippen LogP contribution is 1.90. The fourth-order valence-electron chi connectivity index (χ4n) is 0.423. The Labute approximate surface area is 61.4 Å². The Hall–Kier alpha value is -0.320. The van der Waals surface area contributed by atoms with E-state index in [0.29, 0.717) is 0 Å². The third-order valence-corrected chi connectivity index (χ3v) is 1.07. The minimum Gasteiger partial charge on any atom is -0.313 e. The summed E-state index contributed by atoms with van der Waals surface area (Å²) < 4.78 is 3.81. The summed E-state index contributed by atoms with van der Waals surface area (Å²) in [5, 5.41) is 0. The van der Waals surface area contributed by atoms with Crippen molar-refractivity contribution in [1.29, 1.82) is 0 Å². The zero-order valence-electron chi connectivity index (χ0n) is 4.16. The molecule has 1 rings (SSSR count). The molecular formula is C5H5IN2. The minimum absolute atomic E-state index is 1.75. The van der Waals surface area contributed by atoms with E-state index >= 15 is 0 Å². The Morgan fingerprint density at radius 3 is 3.00 bits per heavy atom. The lowest BCUT2D eigenvalue weighted by Gasteiger charge is -1.83. The smallest absolute Gasteiger partial charge is 0.0986 e. The van der Waals surface area contributed by atoms with Crippen LogP contribution in [0.4, 0.5) is 0 Å². The second-order valence-corrected chi connectivity index (χ2v) is 2.00. The van der Waals surface area contributed by atoms with Crippen LogP contribution in [0.1, 0.15) is 0 Å². The Morgan fingerprint density at radius 1 is 1.62 bits per heavy atom. The van der Waals surface area contributed by atoms with Gasteiger partial charge in [-0.2, -0.15) is 0 Å². The van der Waals surface area contributed by atoms with Crippen LogP contribution < -0.4 is 0 Å². The topological polar surface area (TPSA) is 17.8 Å². The molecule has 0 aromatic carbocycles. The molecule has 0 N–H and O–H groups in total. The van der Waals surface area contributed by atoms with Crippen LogP contribution in [0.15, 0.2) is 22.8 Å². The van der Waals surface area contributed by atoms with Crippen LogP contribution in [-0.4, -0.2) is 9.55 Å². The molecule has 1 aromatic heterocycles. The molecule has 0 bridgehead atoms. The van der Waals surface area contributed by atoms with Gasteiger partial charge in [-0.25, -0.2) is 4.98 Å². The van der Waals surface area contributed by atoms with Crippen molar-refractivity contribution in [3.05, 3.63) is 22.8 Å². The average molecular weight is 220 g/mol. The molecule has 2 nitrogen and oxygen atoms in total. The van der Waals surface area contributed by atoms with Crippen molar-refractivity contribution in [3.63, 3.8) is 0 Å². The first-order chi connectivity index (χ1) is 3.93. The third-order valence-electron chi connectivity index (χ3n) is 0.753. The van der Waals surface area contributed by atoms with E-state index in [-0.39, 0.29) is 0 Å². The molecule has 3 heteroatoms. The molecule has 0 saturated carbocycles. The highest BCUT2D eigenvalue weighted by Gasteiger charge is 1.75. The normalized spacial score (nSPS) is 10.6. The van der Waals surface area contributed by atoms with Gasteiger partial charge in [0.15, 0.2) is 0 Å². The van der Waals surface area contributed by atoms with Crippen molar-refractivity contribution in [1.82, 2.24) is 9.55 Å². The van der Waals surface area contributed by atoms with Gasteiger partial charge in [-0.15, -0.1) is 0 Å². The predicted molar refractivity (Wildman–Crippen MR) is 41.6 cm³/mol. The summed E-state index contributed by atoms with van der Waals surface area (Å²) in [7, 11) is 0. The molecule has 0 unspecified atom stereocenters. The van der Waals surface area contributed by atoms with E-state index in [1.165, 1.54) is 0 Å². The van der Waals surface area contributed by atoms with E-state index < -0.39 is 0 Å². The minimum atomic E-state index is 1.75. The second kappa shape index (κ2) is 2.86. The zero-order chi connectivity index (χ0) is 5.82. The number of hydrogen-bond donors (Lipinski definition) is 0. The van der Waals surface area contributed by atoms with Gasteiger partial charge in [0.2, 0.25) is 0 Å². The van der Waals surface area contributed by atoms with Gasteiger partial charge < -0.3 is 4.57 Å². The zero-order valence-corrected chi connectivity index (χ0v) is 6.32. The molecule has 0 spiro atoms. The molecule has 0 amide bonds. The predicted octanol–water partition coefficient (Wildman–Crippen LogP) is 1.75. The lowest BCUT2D eigenvalue weighted by Crippen LogP contribution is -1.74. The van der Waals surface area contributed by atoms with Crippen LogP contribution in [0.5, 0.6) is 0 Å².